The number of carboxylic acid groups (broad SMARTS) is 1. The Labute approximate surface area is 197 Å². The number of benzene rings is 2. The summed E-state index contributed by atoms with van der Waals surface area (Å²) >= 11 is 2.54. The van der Waals surface area contributed by atoms with Crippen LogP contribution in [0, 0.1) is 11.6 Å². The number of halogens is 2. The monoisotopic (exact) mass is 493 g/mol. The molecule has 7 nitrogen and oxygen atoms in total. The number of aliphatic carboxylic acids is 1. The van der Waals surface area contributed by atoms with Gasteiger partial charge in [0.05, 0.1) is 0 Å². The van der Waals surface area contributed by atoms with E-state index in [4.69, 9.17) is 15.6 Å². The molecule has 0 atom stereocenters. The molecule has 0 aliphatic rings. The number of rotatable bonds is 10. The van der Waals surface area contributed by atoms with Crippen LogP contribution in [0.25, 0.3) is 11.1 Å². The van der Waals surface area contributed by atoms with E-state index in [9.17, 15) is 18.4 Å². The van der Waals surface area contributed by atoms with E-state index in [0.29, 0.717) is 26.8 Å². The molecule has 0 spiro atoms. The topological polar surface area (TPSA) is 106 Å². The third-order valence-corrected chi connectivity index (χ3v) is 6.15. The van der Waals surface area contributed by atoms with E-state index in [1.807, 2.05) is 0 Å². The van der Waals surface area contributed by atoms with Crippen LogP contribution in [0.2, 0.25) is 0 Å². The molecule has 174 valence electrons. The maximum Gasteiger partial charge on any atom is 0.323 e. The fourth-order valence-electron chi connectivity index (χ4n) is 3.01. The van der Waals surface area contributed by atoms with Gasteiger partial charge in [-0.1, -0.05) is 12.1 Å². The Balaban J connectivity index is 1.66. The Bertz CT molecular complexity index is 1140. The van der Waals surface area contributed by atoms with Crippen LogP contribution in [0.3, 0.4) is 0 Å². The number of carboxylic acids is 1. The first-order valence-corrected chi connectivity index (χ1v) is 11.8. The molecule has 0 unspecified atom stereocenters. The fourth-order valence-corrected chi connectivity index (χ4v) is 4.30. The molecule has 3 N–H and O–H groups in total. The van der Waals surface area contributed by atoms with Crippen LogP contribution in [0.4, 0.5) is 8.78 Å². The van der Waals surface area contributed by atoms with Crippen molar-refractivity contribution in [2.45, 2.75) is 11.5 Å². The zero-order valence-corrected chi connectivity index (χ0v) is 19.2. The van der Waals surface area contributed by atoms with Gasteiger partial charge in [-0.2, -0.15) is 0 Å². The highest BCUT2D eigenvalue weighted by Gasteiger charge is 2.20. The summed E-state index contributed by atoms with van der Waals surface area (Å²) in [7, 11) is 0. The highest BCUT2D eigenvalue weighted by atomic mass is 32.2. The molecule has 0 saturated carbocycles. The van der Waals surface area contributed by atoms with Crippen molar-refractivity contribution in [2.24, 2.45) is 5.73 Å². The summed E-state index contributed by atoms with van der Waals surface area (Å²) in [5.74, 6) is -2.91. The maximum absolute atomic E-state index is 13.7. The third-order valence-electron chi connectivity index (χ3n) is 4.55. The molecule has 11 heteroatoms. The molecular weight excluding hydrogens is 472 g/mol. The molecule has 0 bridgehead atoms. The van der Waals surface area contributed by atoms with Gasteiger partial charge in [0.15, 0.2) is 11.6 Å². The summed E-state index contributed by atoms with van der Waals surface area (Å²) in [5, 5.41) is 11.0. The van der Waals surface area contributed by atoms with Gasteiger partial charge >= 0.3 is 5.97 Å². The molecule has 0 fully saturated rings. The second-order valence-corrected chi connectivity index (χ2v) is 8.61. The van der Waals surface area contributed by atoms with Crippen molar-refractivity contribution >= 4 is 35.0 Å². The molecular formula is C22H21F2N3O4S2. The van der Waals surface area contributed by atoms with E-state index < -0.39 is 30.1 Å². The number of thioether (sulfide) groups is 1. The second kappa shape index (κ2) is 11.2. The van der Waals surface area contributed by atoms with E-state index in [0.717, 1.165) is 4.90 Å². The highest BCUT2D eigenvalue weighted by molar-refractivity contribution is 7.98. The Morgan fingerprint density at radius 2 is 1.91 bits per heavy atom. The van der Waals surface area contributed by atoms with E-state index in [2.05, 4.69) is 4.98 Å². The minimum Gasteiger partial charge on any atom is -0.486 e. The minimum atomic E-state index is -1.13. The first kappa shape index (κ1) is 24.6. The molecule has 1 amide bonds. The Kier molecular flexibility index (Phi) is 8.37. The van der Waals surface area contributed by atoms with Gasteiger partial charge in [-0.05, 0) is 41.6 Å². The van der Waals surface area contributed by atoms with Crippen LogP contribution >= 0.6 is 23.1 Å². The van der Waals surface area contributed by atoms with E-state index in [1.165, 1.54) is 35.2 Å². The molecule has 1 aromatic heterocycles. The van der Waals surface area contributed by atoms with Crippen molar-refractivity contribution in [1.82, 2.24) is 9.88 Å². The predicted octanol–water partition coefficient (Wildman–Crippen LogP) is 3.87. The number of amides is 1. The van der Waals surface area contributed by atoms with Gasteiger partial charge in [0.25, 0.3) is 5.91 Å². The first-order chi connectivity index (χ1) is 15.8. The average molecular weight is 494 g/mol. The van der Waals surface area contributed by atoms with Crippen LogP contribution in [0.15, 0.2) is 46.7 Å². The van der Waals surface area contributed by atoms with Crippen molar-refractivity contribution in [3.63, 3.8) is 0 Å². The first-order valence-electron chi connectivity index (χ1n) is 9.74. The normalized spacial score (nSPS) is 10.8. The molecule has 3 aromatic rings. The molecule has 0 aliphatic carbocycles. The molecule has 0 saturated heterocycles. The van der Waals surface area contributed by atoms with Gasteiger partial charge in [0.2, 0.25) is 0 Å². The molecule has 0 radical (unpaired) electrons. The van der Waals surface area contributed by atoms with Crippen LogP contribution in [0.1, 0.15) is 15.5 Å². The van der Waals surface area contributed by atoms with Crippen molar-refractivity contribution in [3.05, 3.63) is 64.1 Å². The van der Waals surface area contributed by atoms with Crippen LogP contribution in [-0.4, -0.2) is 52.8 Å². The van der Waals surface area contributed by atoms with Crippen LogP contribution < -0.4 is 10.5 Å². The van der Waals surface area contributed by atoms with Crippen LogP contribution in [0.5, 0.6) is 5.75 Å². The van der Waals surface area contributed by atoms with Crippen molar-refractivity contribution in [3.8, 4) is 16.9 Å². The van der Waals surface area contributed by atoms with E-state index in [-0.39, 0.29) is 25.4 Å². The predicted molar refractivity (Wildman–Crippen MR) is 123 cm³/mol. The Morgan fingerprint density at radius 3 is 2.55 bits per heavy atom. The van der Waals surface area contributed by atoms with Crippen molar-refractivity contribution < 1.29 is 28.2 Å². The SMILES string of the molecule is CSc1cc(F)c(F)cc1-c1ccc(OCc2nc(C(=O)N(CCN)CC(=O)O)cs2)cc1. The van der Waals surface area contributed by atoms with Gasteiger partial charge in [-0.25, -0.2) is 13.8 Å². The average Bonchev–Trinajstić information content (AvgIpc) is 3.27. The minimum absolute atomic E-state index is 0.106. The van der Waals surface area contributed by atoms with Gasteiger partial charge < -0.3 is 20.5 Å². The number of nitrogens with two attached hydrogens (primary N) is 1. The van der Waals surface area contributed by atoms with Gasteiger partial charge in [0.1, 0.15) is 29.6 Å². The number of hydrogen-bond donors (Lipinski definition) is 2. The summed E-state index contributed by atoms with van der Waals surface area (Å²) < 4.78 is 32.9. The number of nitrogens with zero attached hydrogens (tertiary/aromatic N) is 2. The summed E-state index contributed by atoms with van der Waals surface area (Å²) in [6.07, 6.45) is 1.79. The summed E-state index contributed by atoms with van der Waals surface area (Å²) in [4.78, 5) is 29.4. The number of hydrogen-bond acceptors (Lipinski definition) is 7. The Morgan fingerprint density at radius 1 is 1.21 bits per heavy atom. The maximum atomic E-state index is 13.7. The molecule has 2 aromatic carbocycles. The number of aromatic nitrogens is 1. The van der Waals surface area contributed by atoms with Gasteiger partial charge in [0, 0.05) is 23.4 Å². The van der Waals surface area contributed by atoms with E-state index >= 15 is 0 Å². The van der Waals surface area contributed by atoms with Crippen LogP contribution in [-0.2, 0) is 11.4 Å². The molecule has 1 heterocycles. The molecule has 0 aliphatic heterocycles. The summed E-state index contributed by atoms with van der Waals surface area (Å²) in [6, 6.07) is 9.24. The molecule has 3 rings (SSSR count). The number of ether oxygens (including phenoxy) is 1. The van der Waals surface area contributed by atoms with Gasteiger partial charge in [-0.15, -0.1) is 23.1 Å². The number of carbonyl (C=O) groups is 2. The largest absolute Gasteiger partial charge is 0.486 e. The lowest BCUT2D eigenvalue weighted by Crippen LogP contribution is -2.39. The van der Waals surface area contributed by atoms with E-state index in [1.54, 1.807) is 35.9 Å². The smallest absolute Gasteiger partial charge is 0.323 e. The van der Waals surface area contributed by atoms with Crippen molar-refractivity contribution in [1.29, 1.82) is 0 Å². The summed E-state index contributed by atoms with van der Waals surface area (Å²) in [5.41, 5.74) is 6.88. The summed E-state index contributed by atoms with van der Waals surface area (Å²) in [6.45, 7) is -0.106. The number of carbonyl (C=O) groups excluding carboxylic acids is 1. The lowest BCUT2D eigenvalue weighted by molar-refractivity contribution is -0.137. The second-order valence-electron chi connectivity index (χ2n) is 6.82. The third kappa shape index (κ3) is 6.28. The molecule has 33 heavy (non-hydrogen) atoms. The fraction of sp³-hybridized carbons (Fsp3) is 0.227. The zero-order chi connectivity index (χ0) is 24.0. The quantitative estimate of drug-likeness (QED) is 0.413. The lowest BCUT2D eigenvalue weighted by Gasteiger charge is -2.18. The lowest BCUT2D eigenvalue weighted by atomic mass is 10.1. The van der Waals surface area contributed by atoms with Crippen molar-refractivity contribution in [2.75, 3.05) is 25.9 Å². The Hall–Kier alpha value is -3.02. The standard InChI is InChI=1S/C22H21F2N3O4S2/c1-32-19-9-17(24)16(23)8-15(19)13-2-4-14(5-3-13)31-11-20-26-18(12-33-20)22(30)27(7-6-25)10-21(28)29/h2-5,8-9,12H,6-7,10-11,25H2,1H3,(H,28,29). The highest BCUT2D eigenvalue weighted by Crippen LogP contribution is 2.33. The number of thiazole rings is 1. The zero-order valence-electron chi connectivity index (χ0n) is 17.6. The van der Waals surface area contributed by atoms with Gasteiger partial charge in [-0.3, -0.25) is 9.59 Å².